The van der Waals surface area contributed by atoms with E-state index in [4.69, 9.17) is 4.74 Å². The van der Waals surface area contributed by atoms with Crippen molar-refractivity contribution in [1.82, 2.24) is 9.80 Å². The van der Waals surface area contributed by atoms with Gasteiger partial charge in [0.05, 0.1) is 5.69 Å². The first-order chi connectivity index (χ1) is 15.1. The van der Waals surface area contributed by atoms with Crippen LogP contribution in [0.1, 0.15) is 45.5 Å². The molecule has 1 N–H and O–H groups in total. The third-order valence-corrected chi connectivity index (χ3v) is 6.16. The van der Waals surface area contributed by atoms with E-state index in [1.54, 1.807) is 12.1 Å². The zero-order valence-electron chi connectivity index (χ0n) is 18.2. The number of fused-ring (bicyclic) bond motifs is 1. The molecular weight excluding hydrogens is 390 g/mol. The van der Waals surface area contributed by atoms with Crippen LogP contribution in [0.3, 0.4) is 0 Å². The summed E-state index contributed by atoms with van der Waals surface area (Å²) < 4.78 is 6.01. The van der Waals surface area contributed by atoms with Crippen molar-refractivity contribution < 1.29 is 14.3 Å². The third kappa shape index (κ3) is 5.51. The molecule has 31 heavy (non-hydrogen) atoms. The van der Waals surface area contributed by atoms with Crippen LogP contribution in [0.5, 0.6) is 5.75 Å². The summed E-state index contributed by atoms with van der Waals surface area (Å²) in [6.45, 7) is 5.72. The van der Waals surface area contributed by atoms with Gasteiger partial charge in [-0.15, -0.1) is 0 Å². The molecule has 0 bridgehead atoms. The normalized spacial score (nSPS) is 17.6. The molecule has 0 spiro atoms. The number of Topliss-reactive ketones (excluding diaryl/α,β-unsaturated/α-hetero) is 1. The molecule has 2 aliphatic rings. The highest BCUT2D eigenvalue weighted by Crippen LogP contribution is 2.26. The second-order valence-electron chi connectivity index (χ2n) is 8.45. The van der Waals surface area contributed by atoms with Crippen molar-refractivity contribution >= 4 is 17.4 Å². The Morgan fingerprint density at radius 3 is 2.65 bits per heavy atom. The molecule has 0 unspecified atom stereocenters. The van der Waals surface area contributed by atoms with Crippen molar-refractivity contribution in [3.05, 3.63) is 59.2 Å². The van der Waals surface area contributed by atoms with Gasteiger partial charge in [0, 0.05) is 50.3 Å². The minimum Gasteiger partial charge on any atom is -0.490 e. The van der Waals surface area contributed by atoms with Crippen molar-refractivity contribution in [2.45, 2.75) is 25.7 Å². The minimum absolute atomic E-state index is 0.179. The number of para-hydroxylation sites is 2. The van der Waals surface area contributed by atoms with Gasteiger partial charge in [-0.05, 0) is 56.1 Å². The summed E-state index contributed by atoms with van der Waals surface area (Å²) in [4.78, 5) is 29.9. The Labute approximate surface area is 184 Å². The third-order valence-electron chi connectivity index (χ3n) is 6.16. The van der Waals surface area contributed by atoms with Gasteiger partial charge in [-0.25, -0.2) is 0 Å². The number of hydrogen-bond donors (Lipinski definition) is 1. The number of carbonyl (C=O) groups is 2. The van der Waals surface area contributed by atoms with E-state index in [0.29, 0.717) is 30.0 Å². The van der Waals surface area contributed by atoms with Gasteiger partial charge in [0.1, 0.15) is 12.4 Å². The molecule has 4 rings (SSSR count). The molecule has 6 heteroatoms. The molecule has 2 aromatic rings. The van der Waals surface area contributed by atoms with E-state index >= 15 is 0 Å². The second-order valence-corrected chi connectivity index (χ2v) is 8.45. The first kappa shape index (κ1) is 21.5. The SMILES string of the molecule is CN1CCN(CCOc2ccccc2NC(=O)c2ccc3c(c2)CCCCC3=O)CC1. The summed E-state index contributed by atoms with van der Waals surface area (Å²) in [5.74, 6) is 0.670. The zero-order valence-corrected chi connectivity index (χ0v) is 18.2. The Bertz CT molecular complexity index is 935. The van der Waals surface area contributed by atoms with Gasteiger partial charge < -0.3 is 15.0 Å². The number of carbonyl (C=O) groups excluding carboxylic acids is 2. The first-order valence-corrected chi connectivity index (χ1v) is 11.2. The van der Waals surface area contributed by atoms with Gasteiger partial charge in [0.25, 0.3) is 5.91 Å². The Kier molecular flexibility index (Phi) is 6.99. The van der Waals surface area contributed by atoms with Crippen LogP contribution in [0.15, 0.2) is 42.5 Å². The summed E-state index contributed by atoms with van der Waals surface area (Å²) in [6, 6.07) is 13.0. The fourth-order valence-electron chi connectivity index (χ4n) is 4.20. The maximum absolute atomic E-state index is 12.9. The Morgan fingerprint density at radius 1 is 1.03 bits per heavy atom. The van der Waals surface area contributed by atoms with E-state index in [0.717, 1.165) is 63.1 Å². The number of aryl methyl sites for hydroxylation is 1. The number of nitrogens with zero attached hydrogens (tertiary/aromatic N) is 2. The average Bonchev–Trinajstić information content (AvgIpc) is 2.97. The van der Waals surface area contributed by atoms with Crippen LogP contribution in [-0.4, -0.2) is 67.9 Å². The quantitative estimate of drug-likeness (QED) is 0.724. The van der Waals surface area contributed by atoms with Crippen LogP contribution in [0.4, 0.5) is 5.69 Å². The predicted molar refractivity (Wildman–Crippen MR) is 122 cm³/mol. The standard InChI is InChI=1S/C25H31N3O3/c1-27-12-14-28(15-13-27)16-17-31-24-9-5-3-7-22(24)26-25(30)20-10-11-21-19(18-20)6-2-4-8-23(21)29/h3,5,7,9-11,18H,2,4,6,8,12-17H2,1H3,(H,26,30). The van der Waals surface area contributed by atoms with E-state index in [-0.39, 0.29) is 11.7 Å². The van der Waals surface area contributed by atoms with Gasteiger partial charge in [-0.3, -0.25) is 14.5 Å². The summed E-state index contributed by atoms with van der Waals surface area (Å²) in [7, 11) is 2.15. The Morgan fingerprint density at radius 2 is 1.81 bits per heavy atom. The first-order valence-electron chi connectivity index (χ1n) is 11.2. The van der Waals surface area contributed by atoms with E-state index in [1.165, 1.54) is 0 Å². The molecule has 0 atom stereocenters. The number of benzene rings is 2. The number of ketones is 1. The maximum Gasteiger partial charge on any atom is 0.255 e. The predicted octanol–water partition coefficient (Wildman–Crippen LogP) is 3.47. The topological polar surface area (TPSA) is 61.9 Å². The van der Waals surface area contributed by atoms with E-state index in [9.17, 15) is 9.59 Å². The number of anilines is 1. The molecule has 1 saturated heterocycles. The Hall–Kier alpha value is -2.70. The molecule has 164 valence electrons. The van der Waals surface area contributed by atoms with Crippen molar-refractivity contribution in [3.63, 3.8) is 0 Å². The van der Waals surface area contributed by atoms with Crippen LogP contribution in [0.25, 0.3) is 0 Å². The van der Waals surface area contributed by atoms with Gasteiger partial charge in [0.2, 0.25) is 0 Å². The highest BCUT2D eigenvalue weighted by Gasteiger charge is 2.18. The van der Waals surface area contributed by atoms with Gasteiger partial charge >= 0.3 is 0 Å². The number of hydrogen-bond acceptors (Lipinski definition) is 5. The van der Waals surface area contributed by atoms with Crippen LogP contribution in [0, 0.1) is 0 Å². The van der Waals surface area contributed by atoms with Gasteiger partial charge in [-0.2, -0.15) is 0 Å². The van der Waals surface area contributed by atoms with Crippen molar-refractivity contribution in [1.29, 1.82) is 0 Å². The lowest BCUT2D eigenvalue weighted by Crippen LogP contribution is -2.45. The second kappa shape index (κ2) is 10.1. The lowest BCUT2D eigenvalue weighted by atomic mass is 9.99. The summed E-state index contributed by atoms with van der Waals surface area (Å²) in [5, 5.41) is 2.99. The number of ether oxygens (including phenoxy) is 1. The minimum atomic E-state index is -0.186. The molecule has 1 fully saturated rings. The van der Waals surface area contributed by atoms with Gasteiger partial charge in [0.15, 0.2) is 5.78 Å². The lowest BCUT2D eigenvalue weighted by molar-refractivity contribution is 0.0979. The van der Waals surface area contributed by atoms with Crippen LogP contribution >= 0.6 is 0 Å². The number of amides is 1. The van der Waals surface area contributed by atoms with Crippen molar-refractivity contribution in [3.8, 4) is 5.75 Å². The summed E-state index contributed by atoms with van der Waals surface area (Å²) in [6.07, 6.45) is 3.33. The molecule has 0 aromatic heterocycles. The molecule has 1 heterocycles. The summed E-state index contributed by atoms with van der Waals surface area (Å²) >= 11 is 0. The fourth-order valence-corrected chi connectivity index (χ4v) is 4.20. The molecule has 1 amide bonds. The summed E-state index contributed by atoms with van der Waals surface area (Å²) in [5.41, 5.74) is 2.98. The zero-order chi connectivity index (χ0) is 21.6. The van der Waals surface area contributed by atoms with Crippen molar-refractivity contribution in [2.24, 2.45) is 0 Å². The molecule has 0 radical (unpaired) electrons. The molecule has 6 nitrogen and oxygen atoms in total. The highest BCUT2D eigenvalue weighted by atomic mass is 16.5. The largest absolute Gasteiger partial charge is 0.490 e. The number of piperazine rings is 1. The van der Waals surface area contributed by atoms with E-state index in [1.807, 2.05) is 30.3 Å². The molecule has 1 aliphatic carbocycles. The average molecular weight is 422 g/mol. The van der Waals surface area contributed by atoms with E-state index < -0.39 is 0 Å². The lowest BCUT2D eigenvalue weighted by Gasteiger charge is -2.32. The smallest absolute Gasteiger partial charge is 0.255 e. The fraction of sp³-hybridized carbons (Fsp3) is 0.440. The Balaban J connectivity index is 1.38. The molecule has 2 aromatic carbocycles. The van der Waals surface area contributed by atoms with Crippen LogP contribution in [0.2, 0.25) is 0 Å². The molecule has 0 saturated carbocycles. The van der Waals surface area contributed by atoms with E-state index in [2.05, 4.69) is 22.2 Å². The number of nitrogens with one attached hydrogen (secondary N) is 1. The number of likely N-dealkylation sites (N-methyl/N-ethyl adjacent to an activating group) is 1. The maximum atomic E-state index is 12.9. The van der Waals surface area contributed by atoms with Crippen molar-refractivity contribution in [2.75, 3.05) is 51.7 Å². The highest BCUT2D eigenvalue weighted by molar-refractivity contribution is 6.06. The molecule has 1 aliphatic heterocycles. The van der Waals surface area contributed by atoms with Gasteiger partial charge in [-0.1, -0.05) is 18.2 Å². The molecular formula is C25H31N3O3. The van der Waals surface area contributed by atoms with Crippen LogP contribution < -0.4 is 10.1 Å². The number of rotatable bonds is 6. The monoisotopic (exact) mass is 421 g/mol. The van der Waals surface area contributed by atoms with Crippen LogP contribution in [-0.2, 0) is 6.42 Å².